The third-order valence-electron chi connectivity index (χ3n) is 16.4. The Morgan fingerprint density at radius 1 is 0.345 bits per heavy atom. The first-order valence-electron chi connectivity index (χ1n) is 35.7. The van der Waals surface area contributed by atoms with E-state index in [1.807, 2.05) is 145 Å². The zero-order chi connectivity index (χ0) is 83.9. The van der Waals surface area contributed by atoms with Crippen molar-refractivity contribution in [3.8, 4) is 0 Å². The van der Waals surface area contributed by atoms with Crippen molar-refractivity contribution in [2.45, 2.75) is 61.5 Å². The monoisotopic (exact) mass is 1670 g/mol. The lowest BCUT2D eigenvalue weighted by Gasteiger charge is -2.05. The molecule has 26 heteroatoms. The van der Waals surface area contributed by atoms with Gasteiger partial charge in [0.2, 0.25) is 0 Å². The van der Waals surface area contributed by atoms with Crippen LogP contribution in [0.1, 0.15) is 95.5 Å². The summed E-state index contributed by atoms with van der Waals surface area (Å²) in [5.41, 5.74) is 12.6. The van der Waals surface area contributed by atoms with Crippen molar-refractivity contribution in [3.63, 3.8) is 0 Å². The molecule has 0 aliphatic rings. The number of aryl methyl sites for hydroxylation is 5. The number of thioether (sulfide) groups is 2. The number of carboxylic acid groups (broad SMARTS) is 3. The highest BCUT2D eigenvalue weighted by Gasteiger charge is 2.17. The van der Waals surface area contributed by atoms with E-state index in [1.165, 1.54) is 45.2 Å². The summed E-state index contributed by atoms with van der Waals surface area (Å²) >= 11 is 7.70. The third-order valence-corrected chi connectivity index (χ3v) is 23.6. The van der Waals surface area contributed by atoms with E-state index >= 15 is 0 Å². The largest absolute Gasteiger partial charge is 0.478 e. The van der Waals surface area contributed by atoms with Gasteiger partial charge in [0.05, 0.1) is 48.8 Å². The molecule has 0 aliphatic heterocycles. The molecular formula is C90H87N3O17S6. The van der Waals surface area contributed by atoms with Crippen molar-refractivity contribution in [1.29, 1.82) is 0 Å². The predicted molar refractivity (Wildman–Crippen MR) is 459 cm³/mol. The Labute approximate surface area is 691 Å². The van der Waals surface area contributed by atoms with Gasteiger partial charge in [0.1, 0.15) is 0 Å². The molecule has 0 radical (unpaired) electrons. The second-order valence-corrected chi connectivity index (χ2v) is 33.2. The quantitative estimate of drug-likeness (QED) is 0.00989. The SMILES string of the molecule is C=Cc1ccc(C(=O)O)cc1.O=C(NO)c1ccc(CCS(=O)(=O)c2ccccc2)cc1.O=C(NO)c1ccc(CCS(=O)c2ccccc2)cc1.O=C(NO)c1ccc(CCSc2ccccc2)cc1.O=C(O)c1ccc(CCS(=O)(=O)c2ccccc2)cc1.O=C(O)c1ccc(CCSc2ccccc2)cc1.Sc1ccccc1. The summed E-state index contributed by atoms with van der Waals surface area (Å²) < 4.78 is 60.5. The van der Waals surface area contributed by atoms with E-state index in [0.29, 0.717) is 62.6 Å². The van der Waals surface area contributed by atoms with E-state index in [-0.39, 0.29) is 17.1 Å². The molecule has 12 aromatic carbocycles. The molecule has 0 saturated heterocycles. The number of sulfone groups is 2. The fraction of sp³-hybridized carbons (Fsp3) is 0.111. The lowest BCUT2D eigenvalue weighted by Crippen LogP contribution is -2.18. The van der Waals surface area contributed by atoms with Crippen LogP contribution in [-0.2, 0) is 62.6 Å². The second-order valence-electron chi connectivity index (χ2n) is 24.6. The van der Waals surface area contributed by atoms with Crippen LogP contribution in [0.25, 0.3) is 6.08 Å². The van der Waals surface area contributed by atoms with Gasteiger partial charge in [0.15, 0.2) is 19.7 Å². The van der Waals surface area contributed by atoms with Crippen LogP contribution < -0.4 is 16.4 Å². The number of aromatic carboxylic acids is 3. The molecular weight excluding hydrogens is 1590 g/mol. The fourth-order valence-corrected chi connectivity index (χ4v) is 15.7. The van der Waals surface area contributed by atoms with E-state index in [4.69, 9.17) is 30.9 Å². The molecule has 0 fully saturated rings. The zero-order valence-corrected chi connectivity index (χ0v) is 67.7. The second kappa shape index (κ2) is 51.1. The topological polar surface area (TPSA) is 345 Å². The van der Waals surface area contributed by atoms with Gasteiger partial charge in [-0.05, 0) is 211 Å². The van der Waals surface area contributed by atoms with Crippen molar-refractivity contribution in [2.24, 2.45) is 0 Å². The first-order chi connectivity index (χ1) is 55.9. The van der Waals surface area contributed by atoms with E-state index in [9.17, 15) is 49.8 Å². The molecule has 600 valence electrons. The van der Waals surface area contributed by atoms with Crippen LogP contribution >= 0.6 is 36.2 Å². The predicted octanol–water partition coefficient (Wildman–Crippen LogP) is 17.2. The Kier molecular flexibility index (Phi) is 41.0. The van der Waals surface area contributed by atoms with Crippen LogP contribution in [0.15, 0.2) is 364 Å². The van der Waals surface area contributed by atoms with Gasteiger partial charge in [0, 0.05) is 53.5 Å². The summed E-state index contributed by atoms with van der Waals surface area (Å²) in [7, 11) is -7.63. The standard InChI is InChI=1S/C15H15NO4S.C15H15NO3S.C15H15NO2S.C15H14O4S.C15H14O2S.C9H8O2.C6H6S/c17-15(16-18)13-8-6-12(7-9-13)10-11-21(19,20)14-4-2-1-3-5-14;17-15(16-18)13-8-6-12(7-9-13)10-11-20(19)14-4-2-1-3-5-14;17-15(16-18)13-8-6-12(7-9-13)10-11-19-14-4-2-1-3-5-14;16-15(17)13-8-6-12(7-9-13)10-11-20(18,19)14-4-2-1-3-5-14;16-15(17)13-8-6-12(7-9-13)10-11-18-14-4-2-1-3-5-14;1-2-7-3-5-8(6-4-7)9(10)11;7-6-4-2-1-3-5-6/h1-9,18H,10-11H2,(H,16,17);1-9,18H,10-11H2,(H,16,17);1-9,18H,10-11H2,(H,16,17);1-9H,10-11H2,(H,16,17);1-9H,10-11H2,(H,16,17);2-6H,1H2,(H,10,11);1-5,7H. The molecule has 0 bridgehead atoms. The van der Waals surface area contributed by atoms with E-state index in [2.05, 4.69) is 43.5 Å². The van der Waals surface area contributed by atoms with Crippen molar-refractivity contribution in [1.82, 2.24) is 16.4 Å². The van der Waals surface area contributed by atoms with Crippen LogP contribution in [-0.4, -0.2) is 116 Å². The fourth-order valence-electron chi connectivity index (χ4n) is 9.98. The third kappa shape index (κ3) is 34.9. The highest BCUT2D eigenvalue weighted by molar-refractivity contribution is 7.99. The molecule has 12 aromatic rings. The lowest BCUT2D eigenvalue weighted by molar-refractivity contribution is 0.0686. The number of rotatable bonds is 27. The van der Waals surface area contributed by atoms with Crippen LogP contribution in [0.2, 0.25) is 0 Å². The van der Waals surface area contributed by atoms with Gasteiger partial charge in [-0.1, -0.05) is 195 Å². The molecule has 1 atom stereocenters. The summed E-state index contributed by atoms with van der Waals surface area (Å²) in [6, 6.07) is 96.7. The van der Waals surface area contributed by atoms with Gasteiger partial charge in [-0.25, -0.2) is 47.7 Å². The number of carbonyl (C=O) groups excluding carboxylic acids is 3. The van der Waals surface area contributed by atoms with Crippen molar-refractivity contribution in [2.75, 3.05) is 28.8 Å². The number of hydroxylamine groups is 3. The molecule has 0 spiro atoms. The Morgan fingerprint density at radius 3 is 0.879 bits per heavy atom. The van der Waals surface area contributed by atoms with Crippen molar-refractivity contribution >= 4 is 108 Å². The Hall–Kier alpha value is -11.8. The lowest BCUT2D eigenvalue weighted by atomic mass is 10.1. The highest BCUT2D eigenvalue weighted by atomic mass is 32.2. The summed E-state index contributed by atoms with van der Waals surface area (Å²) in [5.74, 6) is -1.85. The van der Waals surface area contributed by atoms with Gasteiger partial charge >= 0.3 is 17.9 Å². The maximum atomic E-state index is 12.1. The molecule has 9 N–H and O–H groups in total. The first-order valence-corrected chi connectivity index (χ1v) is 42.7. The molecule has 0 aromatic heterocycles. The molecule has 116 heavy (non-hydrogen) atoms. The van der Waals surface area contributed by atoms with Gasteiger partial charge in [-0.2, -0.15) is 0 Å². The van der Waals surface area contributed by atoms with E-state index in [1.54, 1.807) is 180 Å². The number of amides is 3. The molecule has 20 nitrogen and oxygen atoms in total. The molecule has 0 saturated carbocycles. The van der Waals surface area contributed by atoms with E-state index < -0.39 is 66.1 Å². The van der Waals surface area contributed by atoms with Gasteiger partial charge in [-0.15, -0.1) is 36.2 Å². The molecule has 0 aliphatic carbocycles. The molecule has 12 rings (SSSR count). The number of hydrogen-bond donors (Lipinski definition) is 10. The van der Waals surface area contributed by atoms with Crippen LogP contribution in [0.4, 0.5) is 0 Å². The Balaban J connectivity index is 0.000000214. The number of carbonyl (C=O) groups is 6. The van der Waals surface area contributed by atoms with Gasteiger partial charge in [0.25, 0.3) is 17.7 Å². The van der Waals surface area contributed by atoms with Crippen LogP contribution in [0.3, 0.4) is 0 Å². The summed E-state index contributed by atoms with van der Waals surface area (Å²) in [6.45, 7) is 3.56. The number of thiol groups is 1. The Bertz CT molecular complexity index is 5250. The number of benzene rings is 12. The average molecular weight is 1680 g/mol. The minimum Gasteiger partial charge on any atom is -0.478 e. The molecule has 0 heterocycles. The summed E-state index contributed by atoms with van der Waals surface area (Å²) in [4.78, 5) is 70.3. The van der Waals surface area contributed by atoms with Crippen molar-refractivity contribution in [3.05, 3.63) is 401 Å². The van der Waals surface area contributed by atoms with Crippen LogP contribution in [0.5, 0.6) is 0 Å². The summed E-state index contributed by atoms with van der Waals surface area (Å²) in [5, 5.41) is 51.7. The van der Waals surface area contributed by atoms with Gasteiger partial charge < -0.3 is 15.3 Å². The number of carboxylic acids is 3. The minimum absolute atomic E-state index is 0.00254. The van der Waals surface area contributed by atoms with Gasteiger partial charge in [-0.3, -0.25) is 34.2 Å². The number of hydrogen-bond acceptors (Lipinski definition) is 17. The van der Waals surface area contributed by atoms with E-state index in [0.717, 1.165) is 56.4 Å². The zero-order valence-electron chi connectivity index (χ0n) is 62.7. The minimum atomic E-state index is -3.31. The Morgan fingerprint density at radius 2 is 0.603 bits per heavy atom. The van der Waals surface area contributed by atoms with Crippen LogP contribution in [0, 0.1) is 0 Å². The molecule has 1 unspecified atom stereocenters. The maximum absolute atomic E-state index is 12.1. The summed E-state index contributed by atoms with van der Waals surface area (Å²) in [6.07, 6.45) is 4.95. The smallest absolute Gasteiger partial charge is 0.335 e. The number of nitrogens with one attached hydrogen (secondary N) is 3. The first kappa shape index (κ1) is 93.0. The normalized spacial score (nSPS) is 10.6. The average Bonchev–Trinajstić information content (AvgIpc) is 0.845. The highest BCUT2D eigenvalue weighted by Crippen LogP contribution is 2.22. The van der Waals surface area contributed by atoms with Crippen molar-refractivity contribution < 1.29 is 80.8 Å². The maximum Gasteiger partial charge on any atom is 0.335 e. The molecule has 3 amide bonds.